The van der Waals surface area contributed by atoms with Gasteiger partial charge in [0, 0.05) is 17.5 Å². The van der Waals surface area contributed by atoms with E-state index >= 15 is 0 Å². The fraction of sp³-hybridized carbons (Fsp3) is 0.438. The fourth-order valence-electron chi connectivity index (χ4n) is 2.72. The molecule has 104 valence electrons. The van der Waals surface area contributed by atoms with Gasteiger partial charge < -0.3 is 5.32 Å². The summed E-state index contributed by atoms with van der Waals surface area (Å²) in [6.45, 7) is 2.81. The summed E-state index contributed by atoms with van der Waals surface area (Å²) in [6, 6.07) is 4.06. The zero-order valence-corrected chi connectivity index (χ0v) is 11.9. The quantitative estimate of drug-likeness (QED) is 0.869. The van der Waals surface area contributed by atoms with E-state index in [4.69, 9.17) is 0 Å². The number of pyridine rings is 1. The van der Waals surface area contributed by atoms with Crippen LogP contribution in [0, 0.1) is 6.92 Å². The largest absolute Gasteiger partial charge is 0.364 e. The summed E-state index contributed by atoms with van der Waals surface area (Å²) in [7, 11) is 0. The molecular weight excluding hydrogens is 248 g/mol. The second-order valence-corrected chi connectivity index (χ2v) is 5.33. The van der Waals surface area contributed by atoms with E-state index in [1.165, 1.54) is 36.1 Å². The minimum absolute atomic E-state index is 0.718. The van der Waals surface area contributed by atoms with E-state index in [0.717, 1.165) is 30.9 Å². The lowest BCUT2D eigenvalue weighted by atomic mass is 10.1. The summed E-state index contributed by atoms with van der Waals surface area (Å²) in [5.41, 5.74) is 4.81. The summed E-state index contributed by atoms with van der Waals surface area (Å²) in [4.78, 5) is 13.3. The van der Waals surface area contributed by atoms with Crippen LogP contribution < -0.4 is 5.32 Å². The highest BCUT2D eigenvalue weighted by molar-refractivity contribution is 5.47. The maximum atomic E-state index is 4.45. The zero-order valence-electron chi connectivity index (χ0n) is 11.9. The number of aryl methyl sites for hydroxylation is 2. The van der Waals surface area contributed by atoms with Gasteiger partial charge in [0.25, 0.3) is 0 Å². The molecule has 0 spiro atoms. The molecule has 20 heavy (non-hydrogen) atoms. The van der Waals surface area contributed by atoms with Gasteiger partial charge in [-0.3, -0.25) is 4.98 Å². The first-order valence-electron chi connectivity index (χ1n) is 7.31. The molecule has 0 radical (unpaired) electrons. The Morgan fingerprint density at radius 2 is 2.00 bits per heavy atom. The molecule has 0 saturated carbocycles. The summed E-state index contributed by atoms with van der Waals surface area (Å²) in [5, 5.41) is 3.44. The SMILES string of the molecule is Cc1cccnc1CNc1ncnc2c1CCCCC2. The van der Waals surface area contributed by atoms with Crippen molar-refractivity contribution in [1.82, 2.24) is 15.0 Å². The van der Waals surface area contributed by atoms with Crippen LogP contribution >= 0.6 is 0 Å². The van der Waals surface area contributed by atoms with Crippen molar-refractivity contribution in [1.29, 1.82) is 0 Å². The van der Waals surface area contributed by atoms with Gasteiger partial charge in [-0.25, -0.2) is 9.97 Å². The van der Waals surface area contributed by atoms with Gasteiger partial charge in [-0.15, -0.1) is 0 Å². The first-order valence-corrected chi connectivity index (χ1v) is 7.31. The zero-order chi connectivity index (χ0) is 13.8. The Hall–Kier alpha value is -1.97. The molecule has 3 rings (SSSR count). The van der Waals surface area contributed by atoms with Gasteiger partial charge in [-0.1, -0.05) is 12.5 Å². The third-order valence-corrected chi connectivity index (χ3v) is 3.92. The van der Waals surface area contributed by atoms with Crippen LogP contribution in [0.2, 0.25) is 0 Å². The molecule has 1 aliphatic carbocycles. The molecule has 0 saturated heterocycles. The molecular formula is C16H20N4. The number of rotatable bonds is 3. The van der Waals surface area contributed by atoms with Crippen molar-refractivity contribution >= 4 is 5.82 Å². The molecule has 0 aliphatic heterocycles. The predicted octanol–water partition coefficient (Wildman–Crippen LogP) is 3.06. The lowest BCUT2D eigenvalue weighted by Crippen LogP contribution is -2.09. The van der Waals surface area contributed by atoms with Crippen LogP contribution in [0.15, 0.2) is 24.7 Å². The molecule has 1 N–H and O–H groups in total. The number of nitrogens with one attached hydrogen (secondary N) is 1. The van der Waals surface area contributed by atoms with Crippen molar-refractivity contribution in [3.63, 3.8) is 0 Å². The second kappa shape index (κ2) is 5.99. The Bertz CT molecular complexity index is 595. The molecule has 0 aromatic carbocycles. The average Bonchev–Trinajstić information content (AvgIpc) is 2.72. The lowest BCUT2D eigenvalue weighted by Gasteiger charge is -2.12. The molecule has 2 heterocycles. The Kier molecular flexibility index (Phi) is 3.90. The highest BCUT2D eigenvalue weighted by Crippen LogP contribution is 2.24. The summed E-state index contributed by atoms with van der Waals surface area (Å²) in [5.74, 6) is 0.988. The van der Waals surface area contributed by atoms with E-state index in [1.807, 2.05) is 12.3 Å². The van der Waals surface area contributed by atoms with Crippen LogP contribution in [-0.2, 0) is 19.4 Å². The molecule has 4 heteroatoms. The standard InChI is InChI=1S/C16H20N4/c1-12-6-5-9-17-15(12)10-18-16-13-7-3-2-4-8-14(13)19-11-20-16/h5-6,9,11H,2-4,7-8,10H2,1H3,(H,18,19,20). The normalized spacial score (nSPS) is 14.4. The molecule has 2 aromatic heterocycles. The number of anilines is 1. The summed E-state index contributed by atoms with van der Waals surface area (Å²) in [6.07, 6.45) is 9.44. The second-order valence-electron chi connectivity index (χ2n) is 5.33. The van der Waals surface area contributed by atoms with Gasteiger partial charge in [0.2, 0.25) is 0 Å². The van der Waals surface area contributed by atoms with E-state index in [2.05, 4.69) is 33.3 Å². The van der Waals surface area contributed by atoms with Crippen LogP contribution in [0.4, 0.5) is 5.82 Å². The van der Waals surface area contributed by atoms with Crippen molar-refractivity contribution in [2.75, 3.05) is 5.32 Å². The van der Waals surface area contributed by atoms with Crippen molar-refractivity contribution in [3.05, 3.63) is 47.2 Å². The van der Waals surface area contributed by atoms with Gasteiger partial charge in [0.05, 0.1) is 12.2 Å². The van der Waals surface area contributed by atoms with Gasteiger partial charge in [-0.2, -0.15) is 0 Å². The van der Waals surface area contributed by atoms with Crippen molar-refractivity contribution < 1.29 is 0 Å². The molecule has 4 nitrogen and oxygen atoms in total. The van der Waals surface area contributed by atoms with Gasteiger partial charge in [0.1, 0.15) is 12.1 Å². The van der Waals surface area contributed by atoms with Gasteiger partial charge in [-0.05, 0) is 44.2 Å². The van der Waals surface area contributed by atoms with Crippen LogP contribution in [0.3, 0.4) is 0 Å². The summed E-state index contributed by atoms with van der Waals surface area (Å²) >= 11 is 0. The topological polar surface area (TPSA) is 50.7 Å². The van der Waals surface area contributed by atoms with E-state index in [1.54, 1.807) is 6.33 Å². The number of fused-ring (bicyclic) bond motifs is 1. The maximum absolute atomic E-state index is 4.45. The number of hydrogen-bond acceptors (Lipinski definition) is 4. The van der Waals surface area contributed by atoms with Gasteiger partial charge >= 0.3 is 0 Å². The van der Waals surface area contributed by atoms with E-state index in [-0.39, 0.29) is 0 Å². The molecule has 0 unspecified atom stereocenters. The highest BCUT2D eigenvalue weighted by atomic mass is 15.0. The van der Waals surface area contributed by atoms with Crippen LogP contribution in [0.1, 0.15) is 41.8 Å². The first kappa shape index (κ1) is 13.0. The minimum atomic E-state index is 0.718. The highest BCUT2D eigenvalue weighted by Gasteiger charge is 2.14. The third kappa shape index (κ3) is 2.79. The Labute approximate surface area is 119 Å². The van der Waals surface area contributed by atoms with Crippen molar-refractivity contribution in [3.8, 4) is 0 Å². The van der Waals surface area contributed by atoms with Crippen molar-refractivity contribution in [2.45, 2.75) is 45.6 Å². The minimum Gasteiger partial charge on any atom is -0.364 e. The number of nitrogens with zero attached hydrogens (tertiary/aromatic N) is 3. The Morgan fingerprint density at radius 1 is 1.10 bits per heavy atom. The van der Waals surface area contributed by atoms with Gasteiger partial charge in [0.15, 0.2) is 0 Å². The summed E-state index contributed by atoms with van der Waals surface area (Å²) < 4.78 is 0. The Balaban J connectivity index is 1.80. The monoisotopic (exact) mass is 268 g/mol. The molecule has 0 amide bonds. The van der Waals surface area contributed by atoms with E-state index in [9.17, 15) is 0 Å². The fourth-order valence-corrected chi connectivity index (χ4v) is 2.72. The van der Waals surface area contributed by atoms with Crippen LogP contribution in [-0.4, -0.2) is 15.0 Å². The number of hydrogen-bond donors (Lipinski definition) is 1. The average molecular weight is 268 g/mol. The maximum Gasteiger partial charge on any atom is 0.133 e. The number of aromatic nitrogens is 3. The smallest absolute Gasteiger partial charge is 0.133 e. The molecule has 0 bridgehead atoms. The molecule has 0 fully saturated rings. The van der Waals surface area contributed by atoms with Crippen molar-refractivity contribution in [2.24, 2.45) is 0 Å². The van der Waals surface area contributed by atoms with E-state index < -0.39 is 0 Å². The lowest BCUT2D eigenvalue weighted by molar-refractivity contribution is 0.708. The predicted molar refractivity (Wildman–Crippen MR) is 79.6 cm³/mol. The Morgan fingerprint density at radius 3 is 2.90 bits per heavy atom. The van der Waals surface area contributed by atoms with E-state index in [0.29, 0.717) is 0 Å². The first-order chi connectivity index (χ1) is 9.84. The molecule has 0 atom stereocenters. The molecule has 2 aromatic rings. The van der Waals surface area contributed by atoms with Crippen LogP contribution in [0.25, 0.3) is 0 Å². The molecule has 1 aliphatic rings. The third-order valence-electron chi connectivity index (χ3n) is 3.92. The van der Waals surface area contributed by atoms with Crippen LogP contribution in [0.5, 0.6) is 0 Å².